The zero-order chi connectivity index (χ0) is 11.8. The molecule has 5 N–H and O–H groups in total. The Bertz CT molecular complexity index is 63.6. The maximum absolute atomic E-state index is 5.47. The van der Waals surface area contributed by atoms with Gasteiger partial charge in [0, 0.05) is 12.6 Å². The fourth-order valence-corrected chi connectivity index (χ4v) is 0.915. The average molecular weight is 205 g/mol. The maximum Gasteiger partial charge on any atom is 0.0187 e. The fourth-order valence-electron chi connectivity index (χ4n) is 0.915. The molecule has 0 aliphatic heterocycles. The number of rotatable bonds is 6. The molecule has 0 aromatic heterocycles. The molecule has 0 saturated heterocycles. The van der Waals surface area contributed by atoms with Gasteiger partial charge in [-0.05, 0) is 26.4 Å². The first-order chi connectivity index (χ1) is 6.85. The minimum Gasteiger partial charge on any atom is -0.330 e. The smallest absolute Gasteiger partial charge is 0.0187 e. The number of likely N-dealkylation sites (N-methyl/N-ethyl adjacent to an activating group) is 1. The summed E-state index contributed by atoms with van der Waals surface area (Å²) in [6, 6.07) is 0.478. The highest BCUT2D eigenvalue weighted by Crippen LogP contribution is 1.97. The number of nitrogens with one attached hydrogen (secondary N) is 1. The van der Waals surface area contributed by atoms with Crippen molar-refractivity contribution >= 4 is 0 Å². The SMILES string of the molecule is CC.CC.CNC(CN)CCCCN. The van der Waals surface area contributed by atoms with Gasteiger partial charge >= 0.3 is 0 Å². The molecule has 0 aromatic rings. The van der Waals surface area contributed by atoms with E-state index in [9.17, 15) is 0 Å². The summed E-state index contributed by atoms with van der Waals surface area (Å²) in [6.07, 6.45) is 3.43. The van der Waals surface area contributed by atoms with Gasteiger partial charge in [0.1, 0.15) is 0 Å². The quantitative estimate of drug-likeness (QED) is 0.579. The average Bonchev–Trinajstić information content (AvgIpc) is 2.30. The number of nitrogens with two attached hydrogens (primary N) is 2. The van der Waals surface area contributed by atoms with Crippen molar-refractivity contribution in [3.8, 4) is 0 Å². The van der Waals surface area contributed by atoms with E-state index in [1.807, 2.05) is 34.7 Å². The number of hydrogen-bond donors (Lipinski definition) is 3. The molecule has 0 radical (unpaired) electrons. The van der Waals surface area contributed by atoms with Gasteiger partial charge in [0.05, 0.1) is 0 Å². The first-order valence-corrected chi connectivity index (χ1v) is 5.92. The second-order valence-corrected chi connectivity index (χ2v) is 2.51. The molecule has 14 heavy (non-hydrogen) atoms. The monoisotopic (exact) mass is 205 g/mol. The molecular formula is C11H31N3. The summed E-state index contributed by atoms with van der Waals surface area (Å²) in [4.78, 5) is 0. The molecular weight excluding hydrogens is 174 g/mol. The highest BCUT2D eigenvalue weighted by Gasteiger charge is 2.00. The van der Waals surface area contributed by atoms with Crippen molar-refractivity contribution in [2.24, 2.45) is 11.5 Å². The van der Waals surface area contributed by atoms with Gasteiger partial charge in [-0.25, -0.2) is 0 Å². The molecule has 3 heteroatoms. The minimum absolute atomic E-state index is 0.478. The van der Waals surface area contributed by atoms with E-state index >= 15 is 0 Å². The number of hydrogen-bond acceptors (Lipinski definition) is 3. The van der Waals surface area contributed by atoms with Crippen LogP contribution in [-0.2, 0) is 0 Å². The van der Waals surface area contributed by atoms with Crippen LogP contribution in [0.1, 0.15) is 47.0 Å². The van der Waals surface area contributed by atoms with Crippen LogP contribution in [0.4, 0.5) is 0 Å². The largest absolute Gasteiger partial charge is 0.330 e. The Labute approximate surface area is 90.6 Å². The molecule has 0 fully saturated rings. The third-order valence-electron chi connectivity index (χ3n) is 1.70. The molecule has 0 bridgehead atoms. The molecule has 3 nitrogen and oxygen atoms in total. The minimum atomic E-state index is 0.478. The van der Waals surface area contributed by atoms with Crippen LogP contribution in [0.5, 0.6) is 0 Å². The second kappa shape index (κ2) is 23.1. The van der Waals surface area contributed by atoms with Gasteiger partial charge in [-0.3, -0.25) is 0 Å². The lowest BCUT2D eigenvalue weighted by Gasteiger charge is -2.12. The Morgan fingerprint density at radius 3 is 1.79 bits per heavy atom. The summed E-state index contributed by atoms with van der Waals surface area (Å²) in [5.74, 6) is 0. The van der Waals surface area contributed by atoms with Gasteiger partial charge in [0.25, 0.3) is 0 Å². The van der Waals surface area contributed by atoms with Crippen molar-refractivity contribution < 1.29 is 0 Å². The Kier molecular flexibility index (Phi) is 32.0. The van der Waals surface area contributed by atoms with Gasteiger partial charge in [0.2, 0.25) is 0 Å². The Morgan fingerprint density at radius 1 is 1.00 bits per heavy atom. The van der Waals surface area contributed by atoms with E-state index in [1.165, 1.54) is 6.42 Å². The van der Waals surface area contributed by atoms with Gasteiger partial charge in [0.15, 0.2) is 0 Å². The second-order valence-electron chi connectivity index (χ2n) is 2.51. The van der Waals surface area contributed by atoms with E-state index in [1.54, 1.807) is 0 Å². The third kappa shape index (κ3) is 17.8. The van der Waals surface area contributed by atoms with E-state index in [0.29, 0.717) is 6.04 Å². The van der Waals surface area contributed by atoms with E-state index in [-0.39, 0.29) is 0 Å². The Balaban J connectivity index is -0.000000266. The van der Waals surface area contributed by atoms with Crippen molar-refractivity contribution in [1.29, 1.82) is 0 Å². The first-order valence-electron chi connectivity index (χ1n) is 5.92. The third-order valence-corrected chi connectivity index (χ3v) is 1.70. The molecule has 0 amide bonds. The Hall–Kier alpha value is -0.120. The molecule has 0 aliphatic carbocycles. The zero-order valence-electron chi connectivity index (χ0n) is 10.8. The van der Waals surface area contributed by atoms with Crippen molar-refractivity contribution in [3.05, 3.63) is 0 Å². The van der Waals surface area contributed by atoms with Gasteiger partial charge < -0.3 is 16.8 Å². The number of unbranched alkanes of at least 4 members (excludes halogenated alkanes) is 1. The standard InChI is InChI=1S/C7H19N3.2C2H6/c1-10-7(6-9)4-2-3-5-8;2*1-2/h7,10H,2-6,8-9H2,1H3;2*1-2H3. The highest BCUT2D eigenvalue weighted by atomic mass is 14.9. The summed E-state index contributed by atoms with van der Waals surface area (Å²) >= 11 is 0. The highest BCUT2D eigenvalue weighted by molar-refractivity contribution is 4.64. The molecule has 0 saturated carbocycles. The predicted molar refractivity (Wildman–Crippen MR) is 67.5 cm³/mol. The lowest BCUT2D eigenvalue weighted by Crippen LogP contribution is -2.33. The van der Waals surface area contributed by atoms with Gasteiger partial charge in [-0.1, -0.05) is 34.1 Å². The van der Waals surface area contributed by atoms with E-state index < -0.39 is 0 Å². The lowest BCUT2D eigenvalue weighted by atomic mass is 10.1. The molecule has 0 aromatic carbocycles. The molecule has 1 unspecified atom stereocenters. The summed E-state index contributed by atoms with van der Waals surface area (Å²) in [5, 5.41) is 3.14. The van der Waals surface area contributed by atoms with Gasteiger partial charge in [-0.15, -0.1) is 0 Å². The molecule has 0 heterocycles. The van der Waals surface area contributed by atoms with Crippen molar-refractivity contribution in [3.63, 3.8) is 0 Å². The molecule has 1 atom stereocenters. The van der Waals surface area contributed by atoms with Crippen LogP contribution in [0.2, 0.25) is 0 Å². The normalized spacial score (nSPS) is 10.5. The van der Waals surface area contributed by atoms with Crippen LogP contribution >= 0.6 is 0 Å². The van der Waals surface area contributed by atoms with Crippen LogP contribution in [0, 0.1) is 0 Å². The van der Waals surface area contributed by atoms with Crippen molar-refractivity contribution in [1.82, 2.24) is 5.32 Å². The van der Waals surface area contributed by atoms with Crippen LogP contribution in [0.3, 0.4) is 0 Å². The van der Waals surface area contributed by atoms with Crippen LogP contribution in [0.25, 0.3) is 0 Å². The van der Waals surface area contributed by atoms with Crippen LogP contribution in [0.15, 0.2) is 0 Å². The first kappa shape index (κ1) is 19.5. The molecule has 0 aliphatic rings. The summed E-state index contributed by atoms with van der Waals surface area (Å²) in [7, 11) is 1.94. The fraction of sp³-hybridized carbons (Fsp3) is 1.00. The molecule has 0 rings (SSSR count). The van der Waals surface area contributed by atoms with E-state index in [0.717, 1.165) is 25.9 Å². The zero-order valence-corrected chi connectivity index (χ0v) is 10.8. The van der Waals surface area contributed by atoms with Gasteiger partial charge in [-0.2, -0.15) is 0 Å². The maximum atomic E-state index is 5.47. The van der Waals surface area contributed by atoms with E-state index in [4.69, 9.17) is 11.5 Å². The summed E-state index contributed by atoms with van der Waals surface area (Å²) in [5.41, 5.74) is 10.8. The van der Waals surface area contributed by atoms with Crippen LogP contribution in [-0.4, -0.2) is 26.2 Å². The summed E-state index contributed by atoms with van der Waals surface area (Å²) in [6.45, 7) is 9.52. The van der Waals surface area contributed by atoms with Crippen molar-refractivity contribution in [2.45, 2.75) is 53.0 Å². The van der Waals surface area contributed by atoms with Crippen LogP contribution < -0.4 is 16.8 Å². The van der Waals surface area contributed by atoms with E-state index in [2.05, 4.69) is 5.32 Å². The topological polar surface area (TPSA) is 64.1 Å². The Morgan fingerprint density at radius 2 is 1.50 bits per heavy atom. The predicted octanol–water partition coefficient (Wildman–Crippen LogP) is 1.71. The lowest BCUT2D eigenvalue weighted by molar-refractivity contribution is 0.504. The molecule has 0 spiro atoms. The van der Waals surface area contributed by atoms with Crippen molar-refractivity contribution in [2.75, 3.05) is 20.1 Å². The summed E-state index contributed by atoms with van der Waals surface area (Å²) < 4.78 is 0. The molecule has 90 valence electrons.